The molecule has 2 aromatic carbocycles. The molecule has 4 heterocycles. The highest BCUT2D eigenvalue weighted by atomic mass is 16.2. The van der Waals surface area contributed by atoms with Crippen molar-refractivity contribution in [2.75, 3.05) is 0 Å². The number of para-hydroxylation sites is 1. The molecule has 0 fully saturated rings. The summed E-state index contributed by atoms with van der Waals surface area (Å²) in [6, 6.07) is 18.2. The van der Waals surface area contributed by atoms with Crippen molar-refractivity contribution in [3.8, 4) is 5.69 Å². The van der Waals surface area contributed by atoms with Crippen molar-refractivity contribution in [3.63, 3.8) is 0 Å². The molecule has 0 saturated carbocycles. The molecule has 9 nitrogen and oxygen atoms in total. The first-order chi connectivity index (χ1) is 15.2. The van der Waals surface area contributed by atoms with E-state index in [2.05, 4.69) is 20.2 Å². The summed E-state index contributed by atoms with van der Waals surface area (Å²) < 4.78 is 4.20. The number of carbonyl (C=O) groups is 1. The third-order valence-corrected chi connectivity index (χ3v) is 5.17. The lowest BCUT2D eigenvalue weighted by Crippen LogP contribution is -2.30. The number of nitrogens with zero attached hydrogens (tertiary/aromatic N) is 7. The van der Waals surface area contributed by atoms with Crippen molar-refractivity contribution >= 4 is 33.6 Å². The Morgan fingerprint density at radius 2 is 1.55 bits per heavy atom. The van der Waals surface area contributed by atoms with Gasteiger partial charge in [-0.1, -0.05) is 36.4 Å². The van der Waals surface area contributed by atoms with Crippen molar-refractivity contribution < 1.29 is 4.79 Å². The summed E-state index contributed by atoms with van der Waals surface area (Å²) >= 11 is 0. The van der Waals surface area contributed by atoms with Gasteiger partial charge in [0.15, 0.2) is 5.65 Å². The van der Waals surface area contributed by atoms with Gasteiger partial charge >= 0.3 is 0 Å². The van der Waals surface area contributed by atoms with Gasteiger partial charge in [0.25, 0.3) is 11.5 Å². The topological polar surface area (TPSA) is 100.0 Å². The number of rotatable bonds is 2. The number of hydrogen-bond acceptors (Lipinski definition) is 6. The predicted molar refractivity (Wildman–Crippen MR) is 113 cm³/mol. The number of carbonyl (C=O) groups excluding carboxylic acids is 1. The Hall–Kier alpha value is -4.66. The zero-order chi connectivity index (χ0) is 20.9. The summed E-state index contributed by atoms with van der Waals surface area (Å²) in [5.41, 5.74) is 1.78. The Labute approximate surface area is 173 Å². The maximum absolute atomic E-state index is 13.4. The Bertz CT molecular complexity index is 1660. The number of fused-ring (bicyclic) bond motifs is 5. The lowest BCUT2D eigenvalue weighted by Gasteiger charge is -2.09. The van der Waals surface area contributed by atoms with Crippen LogP contribution in [0.1, 0.15) is 10.4 Å². The van der Waals surface area contributed by atoms with Gasteiger partial charge in [-0.15, -0.1) is 0 Å². The standard InChI is InChI=1S/C22H13N7O2/c30-20(14-7-3-1-4-8-14)27-21(31)17-11-23-19-16(18(17)29-22(27)24-13-26-29)12-25-28(19)15-9-5-2-6-10-15/h1-13H. The summed E-state index contributed by atoms with van der Waals surface area (Å²) in [7, 11) is 0. The first kappa shape index (κ1) is 17.2. The molecule has 0 N–H and O–H groups in total. The molecule has 9 heteroatoms. The van der Waals surface area contributed by atoms with E-state index >= 15 is 0 Å². The summed E-state index contributed by atoms with van der Waals surface area (Å²) in [6.07, 6.45) is 4.41. The van der Waals surface area contributed by atoms with Gasteiger partial charge in [-0.25, -0.2) is 14.2 Å². The summed E-state index contributed by atoms with van der Waals surface area (Å²) in [6.45, 7) is 0. The zero-order valence-corrected chi connectivity index (χ0v) is 16.0. The Morgan fingerprint density at radius 1 is 0.806 bits per heavy atom. The summed E-state index contributed by atoms with van der Waals surface area (Å²) in [5, 5.41) is 9.63. The van der Waals surface area contributed by atoms with Crippen LogP contribution in [0.25, 0.3) is 33.4 Å². The fraction of sp³-hybridized carbons (Fsp3) is 0. The predicted octanol–water partition coefficient (Wildman–Crippen LogP) is 2.47. The van der Waals surface area contributed by atoms with Crippen molar-refractivity contribution in [3.05, 3.63) is 95.3 Å². The summed E-state index contributed by atoms with van der Waals surface area (Å²) in [4.78, 5) is 35.2. The maximum Gasteiger partial charge on any atom is 0.271 e. The van der Waals surface area contributed by atoms with Crippen LogP contribution < -0.4 is 5.56 Å². The van der Waals surface area contributed by atoms with Crippen LogP contribution in [0, 0.1) is 0 Å². The normalized spacial score (nSPS) is 11.5. The molecule has 0 atom stereocenters. The Kier molecular flexibility index (Phi) is 3.57. The lowest BCUT2D eigenvalue weighted by molar-refractivity contribution is 0.0960. The molecular weight excluding hydrogens is 394 g/mol. The molecule has 0 aliphatic rings. The van der Waals surface area contributed by atoms with E-state index in [4.69, 9.17) is 0 Å². The second kappa shape index (κ2) is 6.42. The highest BCUT2D eigenvalue weighted by molar-refractivity contribution is 6.05. The molecule has 0 saturated heterocycles. The quantitative estimate of drug-likeness (QED) is 0.437. The van der Waals surface area contributed by atoms with E-state index in [1.807, 2.05) is 30.3 Å². The van der Waals surface area contributed by atoms with Crippen molar-refractivity contribution in [1.29, 1.82) is 0 Å². The van der Waals surface area contributed by atoms with Crippen LogP contribution in [0.5, 0.6) is 0 Å². The van der Waals surface area contributed by atoms with E-state index in [-0.39, 0.29) is 11.2 Å². The monoisotopic (exact) mass is 407 g/mol. The largest absolute Gasteiger partial charge is 0.271 e. The van der Waals surface area contributed by atoms with Gasteiger partial charge in [-0.05, 0) is 24.3 Å². The average Bonchev–Trinajstić information content (AvgIpc) is 3.47. The molecular formula is C22H13N7O2. The molecule has 0 spiro atoms. The van der Waals surface area contributed by atoms with Crippen LogP contribution in [0.3, 0.4) is 0 Å². The molecule has 6 aromatic rings. The molecule has 6 rings (SSSR count). The molecule has 148 valence electrons. The van der Waals surface area contributed by atoms with Crippen molar-refractivity contribution in [1.82, 2.24) is 33.9 Å². The van der Waals surface area contributed by atoms with Gasteiger partial charge in [-0.2, -0.15) is 19.7 Å². The molecule has 31 heavy (non-hydrogen) atoms. The fourth-order valence-electron chi connectivity index (χ4n) is 3.76. The van der Waals surface area contributed by atoms with E-state index in [0.717, 1.165) is 10.3 Å². The second-order valence-electron chi connectivity index (χ2n) is 6.93. The Balaban J connectivity index is 1.69. The number of hydrogen-bond donors (Lipinski definition) is 0. The van der Waals surface area contributed by atoms with Crippen molar-refractivity contribution in [2.45, 2.75) is 0 Å². The van der Waals surface area contributed by atoms with Crippen LogP contribution in [0.2, 0.25) is 0 Å². The average molecular weight is 407 g/mol. The highest BCUT2D eigenvalue weighted by Gasteiger charge is 2.22. The SMILES string of the molecule is O=C(c1ccccc1)n1c(=O)c2cnc3c(cnn3-c3ccccc3)c2n2ncnc12. The second-order valence-corrected chi connectivity index (χ2v) is 6.93. The van der Waals surface area contributed by atoms with Gasteiger partial charge < -0.3 is 0 Å². The molecule has 0 radical (unpaired) electrons. The minimum absolute atomic E-state index is 0.131. The van der Waals surface area contributed by atoms with Crippen LogP contribution in [0.15, 0.2) is 84.2 Å². The van der Waals surface area contributed by atoms with Gasteiger partial charge in [-0.3, -0.25) is 9.59 Å². The lowest BCUT2D eigenvalue weighted by atomic mass is 10.2. The van der Waals surface area contributed by atoms with Crippen LogP contribution >= 0.6 is 0 Å². The van der Waals surface area contributed by atoms with E-state index in [9.17, 15) is 9.59 Å². The molecule has 4 aromatic heterocycles. The van der Waals surface area contributed by atoms with Crippen LogP contribution in [-0.4, -0.2) is 39.8 Å². The maximum atomic E-state index is 13.4. The molecule has 0 bridgehead atoms. The summed E-state index contributed by atoms with van der Waals surface area (Å²) in [5.74, 6) is -0.350. The van der Waals surface area contributed by atoms with Crippen LogP contribution in [-0.2, 0) is 0 Å². The van der Waals surface area contributed by atoms with E-state index in [1.54, 1.807) is 41.2 Å². The van der Waals surface area contributed by atoms with E-state index in [1.165, 1.54) is 17.0 Å². The minimum atomic E-state index is -0.508. The van der Waals surface area contributed by atoms with Gasteiger partial charge in [0.1, 0.15) is 6.33 Å². The third-order valence-electron chi connectivity index (χ3n) is 5.17. The van der Waals surface area contributed by atoms with Gasteiger partial charge in [0, 0.05) is 11.8 Å². The third kappa shape index (κ3) is 2.43. The van der Waals surface area contributed by atoms with Crippen molar-refractivity contribution in [2.24, 2.45) is 0 Å². The minimum Gasteiger partial charge on any atom is -0.268 e. The molecule has 0 aliphatic carbocycles. The molecule has 0 aliphatic heterocycles. The fourth-order valence-corrected chi connectivity index (χ4v) is 3.76. The van der Waals surface area contributed by atoms with E-state index in [0.29, 0.717) is 22.1 Å². The number of benzene rings is 2. The molecule has 0 amide bonds. The highest BCUT2D eigenvalue weighted by Crippen LogP contribution is 2.24. The van der Waals surface area contributed by atoms with E-state index < -0.39 is 11.5 Å². The first-order valence-electron chi connectivity index (χ1n) is 9.50. The smallest absolute Gasteiger partial charge is 0.268 e. The number of pyridine rings is 1. The van der Waals surface area contributed by atoms with Crippen LogP contribution in [0.4, 0.5) is 0 Å². The number of aromatic nitrogens is 7. The van der Waals surface area contributed by atoms with Gasteiger partial charge in [0.05, 0.1) is 28.2 Å². The van der Waals surface area contributed by atoms with Gasteiger partial charge in [0.2, 0.25) is 5.78 Å². The first-order valence-corrected chi connectivity index (χ1v) is 9.50. The molecule has 0 unspecified atom stereocenters. The zero-order valence-electron chi connectivity index (χ0n) is 16.0. The Morgan fingerprint density at radius 3 is 2.32 bits per heavy atom.